The number of benzene rings is 1. The second-order valence-electron chi connectivity index (χ2n) is 3.34. The summed E-state index contributed by atoms with van der Waals surface area (Å²) in [5.41, 5.74) is 0.640. The summed E-state index contributed by atoms with van der Waals surface area (Å²) in [4.78, 5) is 0. The standard InChI is InChI=1S/C11H13F3O2.ClH/c12-11(13,14)8-16-10(6-7-15)9-4-2-1-3-5-9;/h1-5,10,15H,6-8H2;1H. The normalized spacial score (nSPS) is 12.9. The third-order valence-electron chi connectivity index (χ3n) is 2.01. The maximum absolute atomic E-state index is 12.0. The van der Waals surface area contributed by atoms with E-state index in [0.717, 1.165) is 0 Å². The van der Waals surface area contributed by atoms with Gasteiger partial charge in [-0.05, 0) is 5.56 Å². The van der Waals surface area contributed by atoms with Crippen molar-refractivity contribution in [2.75, 3.05) is 13.2 Å². The monoisotopic (exact) mass is 270 g/mol. The average molecular weight is 271 g/mol. The molecule has 0 aromatic heterocycles. The molecule has 2 nitrogen and oxygen atoms in total. The van der Waals surface area contributed by atoms with Crippen LogP contribution < -0.4 is 0 Å². The molecule has 0 fully saturated rings. The zero-order valence-electron chi connectivity index (χ0n) is 8.98. The van der Waals surface area contributed by atoms with Crippen molar-refractivity contribution in [1.29, 1.82) is 0 Å². The zero-order chi connectivity index (χ0) is 12.0. The van der Waals surface area contributed by atoms with Gasteiger partial charge in [0.25, 0.3) is 0 Å². The van der Waals surface area contributed by atoms with E-state index in [-0.39, 0.29) is 25.4 Å². The fourth-order valence-corrected chi connectivity index (χ4v) is 1.33. The molecule has 1 aromatic carbocycles. The molecule has 17 heavy (non-hydrogen) atoms. The van der Waals surface area contributed by atoms with E-state index >= 15 is 0 Å². The van der Waals surface area contributed by atoms with Gasteiger partial charge in [0, 0.05) is 13.0 Å². The minimum Gasteiger partial charge on any atom is -0.396 e. The number of aliphatic hydroxyl groups excluding tert-OH is 1. The number of alkyl halides is 3. The van der Waals surface area contributed by atoms with Crippen molar-refractivity contribution in [3.63, 3.8) is 0 Å². The second kappa shape index (κ2) is 7.53. The lowest BCUT2D eigenvalue weighted by atomic mass is 10.1. The number of ether oxygens (including phenoxy) is 1. The molecule has 0 saturated carbocycles. The summed E-state index contributed by atoms with van der Waals surface area (Å²) in [6.07, 6.45) is -4.91. The molecular weight excluding hydrogens is 257 g/mol. The lowest BCUT2D eigenvalue weighted by molar-refractivity contribution is -0.187. The van der Waals surface area contributed by atoms with Gasteiger partial charge in [0.15, 0.2) is 0 Å². The van der Waals surface area contributed by atoms with E-state index in [2.05, 4.69) is 0 Å². The number of rotatable bonds is 5. The van der Waals surface area contributed by atoms with Gasteiger partial charge in [0.05, 0.1) is 6.10 Å². The van der Waals surface area contributed by atoms with Crippen molar-refractivity contribution in [3.05, 3.63) is 35.9 Å². The maximum Gasteiger partial charge on any atom is 0.411 e. The van der Waals surface area contributed by atoms with Crippen LogP contribution in [0.4, 0.5) is 13.2 Å². The van der Waals surface area contributed by atoms with E-state index in [0.29, 0.717) is 5.56 Å². The molecule has 1 atom stereocenters. The van der Waals surface area contributed by atoms with E-state index in [1.807, 2.05) is 0 Å². The summed E-state index contributed by atoms with van der Waals surface area (Å²) in [5, 5.41) is 8.77. The molecule has 1 rings (SSSR count). The Hall–Kier alpha value is -0.780. The fourth-order valence-electron chi connectivity index (χ4n) is 1.33. The Morgan fingerprint density at radius 2 is 1.76 bits per heavy atom. The van der Waals surface area contributed by atoms with Crippen LogP contribution in [-0.2, 0) is 4.74 Å². The van der Waals surface area contributed by atoms with Crippen LogP contribution in [0.15, 0.2) is 30.3 Å². The predicted octanol–water partition coefficient (Wildman–Crippen LogP) is 3.11. The van der Waals surface area contributed by atoms with Crippen molar-refractivity contribution >= 4 is 12.4 Å². The molecule has 0 heterocycles. The van der Waals surface area contributed by atoms with E-state index in [1.54, 1.807) is 30.3 Å². The fraction of sp³-hybridized carbons (Fsp3) is 0.455. The van der Waals surface area contributed by atoms with E-state index in [4.69, 9.17) is 9.84 Å². The molecule has 0 aliphatic carbocycles. The van der Waals surface area contributed by atoms with Crippen LogP contribution in [0.1, 0.15) is 18.1 Å². The quantitative estimate of drug-likeness (QED) is 0.891. The number of aliphatic hydroxyl groups is 1. The van der Waals surface area contributed by atoms with E-state index < -0.39 is 18.9 Å². The number of halogens is 4. The van der Waals surface area contributed by atoms with Crippen LogP contribution in [-0.4, -0.2) is 24.5 Å². The molecule has 0 bridgehead atoms. The third-order valence-corrected chi connectivity index (χ3v) is 2.01. The van der Waals surface area contributed by atoms with Crippen LogP contribution in [0.5, 0.6) is 0 Å². The summed E-state index contributed by atoms with van der Waals surface area (Å²) in [6.45, 7) is -1.51. The van der Waals surface area contributed by atoms with Crippen LogP contribution in [0.3, 0.4) is 0 Å². The van der Waals surface area contributed by atoms with Gasteiger partial charge in [-0.2, -0.15) is 13.2 Å². The molecule has 0 saturated heterocycles. The molecule has 1 aromatic rings. The largest absolute Gasteiger partial charge is 0.411 e. The van der Waals surface area contributed by atoms with Gasteiger partial charge in [0.2, 0.25) is 0 Å². The number of hydrogen-bond acceptors (Lipinski definition) is 2. The highest BCUT2D eigenvalue weighted by atomic mass is 35.5. The molecule has 6 heteroatoms. The summed E-state index contributed by atoms with van der Waals surface area (Å²) in [5.74, 6) is 0. The highest BCUT2D eigenvalue weighted by molar-refractivity contribution is 5.85. The van der Waals surface area contributed by atoms with E-state index in [9.17, 15) is 13.2 Å². The molecule has 0 aliphatic heterocycles. The average Bonchev–Trinajstić information content (AvgIpc) is 2.24. The molecule has 0 spiro atoms. The first-order valence-electron chi connectivity index (χ1n) is 4.87. The van der Waals surface area contributed by atoms with Gasteiger partial charge in [-0.3, -0.25) is 0 Å². The zero-order valence-corrected chi connectivity index (χ0v) is 9.80. The minimum absolute atomic E-state index is 0. The van der Waals surface area contributed by atoms with E-state index in [1.165, 1.54) is 0 Å². The molecule has 1 unspecified atom stereocenters. The summed E-state index contributed by atoms with van der Waals surface area (Å²) >= 11 is 0. The molecule has 0 radical (unpaired) electrons. The van der Waals surface area contributed by atoms with Crippen molar-refractivity contribution in [1.82, 2.24) is 0 Å². The van der Waals surface area contributed by atoms with Crippen molar-refractivity contribution in [2.24, 2.45) is 0 Å². The molecular formula is C11H14ClF3O2. The van der Waals surface area contributed by atoms with Gasteiger partial charge in [0.1, 0.15) is 6.61 Å². The molecule has 0 aliphatic rings. The highest BCUT2D eigenvalue weighted by Gasteiger charge is 2.29. The molecule has 1 N–H and O–H groups in total. The van der Waals surface area contributed by atoms with Gasteiger partial charge < -0.3 is 9.84 Å². The Labute approximate surface area is 104 Å². The first-order valence-corrected chi connectivity index (χ1v) is 4.87. The SMILES string of the molecule is Cl.OCCC(OCC(F)(F)F)c1ccccc1. The Balaban J connectivity index is 0.00000256. The minimum atomic E-state index is -4.34. The first-order chi connectivity index (χ1) is 7.53. The Morgan fingerprint density at radius 1 is 1.18 bits per heavy atom. The lowest BCUT2D eigenvalue weighted by Crippen LogP contribution is -2.20. The summed E-state index contributed by atoms with van der Waals surface area (Å²) in [7, 11) is 0. The van der Waals surface area contributed by atoms with Gasteiger partial charge in [-0.25, -0.2) is 0 Å². The van der Waals surface area contributed by atoms with Crippen LogP contribution in [0, 0.1) is 0 Å². The summed E-state index contributed by atoms with van der Waals surface area (Å²) < 4.78 is 40.7. The topological polar surface area (TPSA) is 29.5 Å². The Bertz CT molecular complexity index is 303. The Morgan fingerprint density at radius 3 is 2.24 bits per heavy atom. The van der Waals surface area contributed by atoms with Crippen molar-refractivity contribution < 1.29 is 23.0 Å². The van der Waals surface area contributed by atoms with Gasteiger partial charge >= 0.3 is 6.18 Å². The highest BCUT2D eigenvalue weighted by Crippen LogP contribution is 2.24. The van der Waals surface area contributed by atoms with Crippen molar-refractivity contribution in [2.45, 2.75) is 18.7 Å². The maximum atomic E-state index is 12.0. The Kier molecular flexibility index (Phi) is 7.18. The predicted molar refractivity (Wildman–Crippen MR) is 60.1 cm³/mol. The molecule has 98 valence electrons. The van der Waals surface area contributed by atoms with Crippen LogP contribution in [0.25, 0.3) is 0 Å². The first kappa shape index (κ1) is 16.2. The lowest BCUT2D eigenvalue weighted by Gasteiger charge is -2.18. The summed E-state index contributed by atoms with van der Waals surface area (Å²) in [6, 6.07) is 8.56. The van der Waals surface area contributed by atoms with Crippen LogP contribution in [0.2, 0.25) is 0 Å². The number of hydrogen-bond donors (Lipinski definition) is 1. The van der Waals surface area contributed by atoms with Gasteiger partial charge in [-0.1, -0.05) is 30.3 Å². The molecule has 0 amide bonds. The third kappa shape index (κ3) is 6.51. The second-order valence-corrected chi connectivity index (χ2v) is 3.34. The van der Waals surface area contributed by atoms with Crippen molar-refractivity contribution in [3.8, 4) is 0 Å². The van der Waals surface area contributed by atoms with Crippen LogP contribution >= 0.6 is 12.4 Å². The van der Waals surface area contributed by atoms with Gasteiger partial charge in [-0.15, -0.1) is 12.4 Å². The smallest absolute Gasteiger partial charge is 0.396 e.